The fraction of sp³-hybridized carbons (Fsp3) is 0.385. The number of aliphatic hydroxyl groups is 1. The summed E-state index contributed by atoms with van der Waals surface area (Å²) < 4.78 is 15.0. The van der Waals surface area contributed by atoms with Crippen molar-refractivity contribution in [3.63, 3.8) is 0 Å². The molecule has 0 aromatic carbocycles. The average molecular weight is 294 g/mol. The van der Waals surface area contributed by atoms with Crippen LogP contribution in [-0.4, -0.2) is 30.7 Å². The number of aliphatic hydroxyl groups excluding tert-OH is 1. The molecular formula is C13H11ClFN4O. The van der Waals surface area contributed by atoms with Crippen LogP contribution in [0.3, 0.4) is 0 Å². The summed E-state index contributed by atoms with van der Waals surface area (Å²) in [7, 11) is 0. The van der Waals surface area contributed by atoms with Gasteiger partial charge in [-0.15, -0.1) is 6.42 Å². The van der Waals surface area contributed by atoms with Crippen LogP contribution in [0.25, 0.3) is 11.2 Å². The topological polar surface area (TPSA) is 63.8 Å². The number of terminal acetylenes is 1. The van der Waals surface area contributed by atoms with Crippen molar-refractivity contribution >= 4 is 22.8 Å². The molecule has 2 heterocycles. The molecular weight excluding hydrogens is 283 g/mol. The first-order valence-corrected chi connectivity index (χ1v) is 6.39. The smallest absolute Gasteiger partial charge is 0.312 e. The summed E-state index contributed by atoms with van der Waals surface area (Å²) in [6.45, 7) is 3.89. The molecule has 0 spiro atoms. The number of hydrogen-bond acceptors (Lipinski definition) is 4. The highest BCUT2D eigenvalue weighted by atomic mass is 35.5. The van der Waals surface area contributed by atoms with E-state index < -0.39 is 17.6 Å². The van der Waals surface area contributed by atoms with Gasteiger partial charge in [0.15, 0.2) is 10.8 Å². The van der Waals surface area contributed by atoms with E-state index in [-0.39, 0.29) is 11.2 Å². The van der Waals surface area contributed by atoms with Crippen molar-refractivity contribution in [1.29, 1.82) is 0 Å². The predicted octanol–water partition coefficient (Wildman–Crippen LogP) is 1.77. The minimum Gasteiger partial charge on any atom is -0.391 e. The van der Waals surface area contributed by atoms with Gasteiger partial charge in [-0.05, 0) is 19.8 Å². The van der Waals surface area contributed by atoms with Crippen molar-refractivity contribution in [2.24, 2.45) is 5.41 Å². The molecule has 0 bridgehead atoms. The van der Waals surface area contributed by atoms with Crippen LogP contribution in [0.5, 0.6) is 0 Å². The molecule has 0 aliphatic heterocycles. The van der Waals surface area contributed by atoms with Crippen molar-refractivity contribution < 1.29 is 9.50 Å². The second kappa shape index (κ2) is 4.40. The van der Waals surface area contributed by atoms with Gasteiger partial charge in [0, 0.05) is 6.04 Å². The molecule has 3 rings (SSSR count). The molecule has 1 aliphatic rings. The zero-order valence-corrected chi connectivity index (χ0v) is 11.2. The maximum atomic E-state index is 13.3. The predicted molar refractivity (Wildman–Crippen MR) is 71.2 cm³/mol. The van der Waals surface area contributed by atoms with Crippen LogP contribution in [0.2, 0.25) is 5.15 Å². The first-order valence-electron chi connectivity index (χ1n) is 6.01. The maximum Gasteiger partial charge on any atom is 0.312 e. The average Bonchev–Trinajstić information content (AvgIpc) is 2.92. The Morgan fingerprint density at radius 1 is 1.60 bits per heavy atom. The van der Waals surface area contributed by atoms with Gasteiger partial charge in [-0.2, -0.15) is 14.4 Å². The fourth-order valence-corrected chi connectivity index (χ4v) is 2.82. The lowest BCUT2D eigenvalue weighted by Crippen LogP contribution is -2.24. The molecule has 1 saturated carbocycles. The molecule has 0 unspecified atom stereocenters. The summed E-state index contributed by atoms with van der Waals surface area (Å²) in [5.74, 6) is 2.53. The Balaban J connectivity index is 2.07. The summed E-state index contributed by atoms with van der Waals surface area (Å²) >= 11 is 5.83. The minimum atomic E-state index is -0.916. The number of aromatic nitrogens is 4. The third-order valence-corrected chi connectivity index (χ3v) is 4.03. The second-order valence-corrected chi connectivity index (χ2v) is 5.38. The van der Waals surface area contributed by atoms with E-state index in [0.717, 1.165) is 0 Å². The fourth-order valence-electron chi connectivity index (χ4n) is 2.61. The summed E-state index contributed by atoms with van der Waals surface area (Å²) in [5.41, 5.74) is -0.234. The van der Waals surface area contributed by atoms with E-state index in [9.17, 15) is 9.50 Å². The Morgan fingerprint density at radius 3 is 3.00 bits per heavy atom. The molecule has 1 aliphatic carbocycles. The summed E-state index contributed by atoms with van der Waals surface area (Å²) in [4.78, 5) is 11.2. The molecule has 0 saturated heterocycles. The quantitative estimate of drug-likeness (QED) is 0.494. The van der Waals surface area contributed by atoms with Crippen LogP contribution in [0.1, 0.15) is 18.9 Å². The van der Waals surface area contributed by atoms with Crippen LogP contribution in [0.4, 0.5) is 4.39 Å². The first-order chi connectivity index (χ1) is 9.44. The molecule has 2 aromatic rings. The Kier molecular flexibility index (Phi) is 2.92. The van der Waals surface area contributed by atoms with E-state index in [2.05, 4.69) is 27.8 Å². The van der Waals surface area contributed by atoms with Crippen molar-refractivity contribution in [2.45, 2.75) is 25.0 Å². The highest BCUT2D eigenvalue weighted by Gasteiger charge is 2.43. The lowest BCUT2D eigenvalue weighted by molar-refractivity contribution is 0.119. The Hall–Kier alpha value is -1.71. The third kappa shape index (κ3) is 1.86. The van der Waals surface area contributed by atoms with Crippen LogP contribution in [0.15, 0.2) is 6.33 Å². The Bertz CT molecular complexity index is 725. The first kappa shape index (κ1) is 13.3. The highest BCUT2D eigenvalue weighted by Crippen LogP contribution is 2.44. The molecule has 1 radical (unpaired) electrons. The van der Waals surface area contributed by atoms with Gasteiger partial charge in [-0.25, -0.2) is 4.98 Å². The summed E-state index contributed by atoms with van der Waals surface area (Å²) in [5, 5.41) is 9.99. The SMILES string of the molecule is C#C[C@@]1([CH2])C[C@H](n2cnc3c(Cl)nc(F)nc32)C[C@H]1O. The van der Waals surface area contributed by atoms with Crippen molar-refractivity contribution in [3.05, 3.63) is 24.5 Å². The zero-order valence-electron chi connectivity index (χ0n) is 10.4. The number of rotatable bonds is 1. The molecule has 7 heteroatoms. The monoisotopic (exact) mass is 293 g/mol. The number of fused-ring (bicyclic) bond motifs is 1. The zero-order chi connectivity index (χ0) is 14.5. The van der Waals surface area contributed by atoms with Gasteiger partial charge < -0.3 is 9.67 Å². The maximum absolute atomic E-state index is 13.3. The number of hydrogen-bond donors (Lipinski definition) is 1. The molecule has 3 atom stereocenters. The molecule has 0 amide bonds. The van der Waals surface area contributed by atoms with Gasteiger partial charge in [-0.3, -0.25) is 0 Å². The van der Waals surface area contributed by atoms with Gasteiger partial charge in [0.1, 0.15) is 5.52 Å². The Morgan fingerprint density at radius 2 is 2.35 bits per heavy atom. The normalized spacial score (nSPS) is 29.8. The van der Waals surface area contributed by atoms with E-state index in [1.165, 1.54) is 6.33 Å². The van der Waals surface area contributed by atoms with Crippen LogP contribution in [0, 0.1) is 30.8 Å². The largest absolute Gasteiger partial charge is 0.391 e. The lowest BCUT2D eigenvalue weighted by Gasteiger charge is -2.20. The standard InChI is InChI=1S/C13H11ClFN4O/c1-3-13(2)5-7(4-8(13)20)19-6-16-9-10(14)17-12(15)18-11(9)19/h1,6-8,20H,2,4-5H2/t7-,8-,13+/m1/s1. The lowest BCUT2D eigenvalue weighted by atomic mass is 9.88. The molecule has 20 heavy (non-hydrogen) atoms. The number of imidazole rings is 1. The van der Waals surface area contributed by atoms with Gasteiger partial charge in [0.05, 0.1) is 17.8 Å². The minimum absolute atomic E-state index is 0.0392. The molecule has 103 valence electrons. The molecule has 5 nitrogen and oxygen atoms in total. The van der Waals surface area contributed by atoms with Crippen LogP contribution >= 0.6 is 11.6 Å². The van der Waals surface area contributed by atoms with E-state index in [0.29, 0.717) is 24.0 Å². The molecule has 2 aromatic heterocycles. The van der Waals surface area contributed by atoms with Crippen molar-refractivity contribution in [2.75, 3.05) is 0 Å². The second-order valence-electron chi connectivity index (χ2n) is 5.02. The molecule has 1 N–H and O–H groups in total. The Labute approximate surface area is 119 Å². The van der Waals surface area contributed by atoms with E-state index in [1.807, 2.05) is 0 Å². The summed E-state index contributed by atoms with van der Waals surface area (Å²) in [6, 6.07) is -0.158. The van der Waals surface area contributed by atoms with Crippen molar-refractivity contribution in [3.8, 4) is 12.3 Å². The van der Waals surface area contributed by atoms with E-state index >= 15 is 0 Å². The van der Waals surface area contributed by atoms with Crippen LogP contribution in [-0.2, 0) is 0 Å². The van der Waals surface area contributed by atoms with Gasteiger partial charge in [0.2, 0.25) is 0 Å². The third-order valence-electron chi connectivity index (χ3n) is 3.77. The number of nitrogens with zero attached hydrogens (tertiary/aromatic N) is 4. The van der Waals surface area contributed by atoms with Gasteiger partial charge in [0.25, 0.3) is 0 Å². The molecule has 1 fully saturated rings. The number of halogens is 2. The van der Waals surface area contributed by atoms with Gasteiger partial charge in [-0.1, -0.05) is 17.5 Å². The summed E-state index contributed by atoms with van der Waals surface area (Å²) in [6.07, 6.45) is 6.16. The van der Waals surface area contributed by atoms with Crippen LogP contribution < -0.4 is 0 Å². The van der Waals surface area contributed by atoms with Crippen molar-refractivity contribution in [1.82, 2.24) is 19.5 Å². The van der Waals surface area contributed by atoms with Gasteiger partial charge >= 0.3 is 6.08 Å². The van der Waals surface area contributed by atoms with E-state index in [1.54, 1.807) is 4.57 Å². The van der Waals surface area contributed by atoms with E-state index in [4.69, 9.17) is 18.0 Å². The highest BCUT2D eigenvalue weighted by molar-refractivity contribution is 6.33.